The summed E-state index contributed by atoms with van der Waals surface area (Å²) in [6.07, 6.45) is -3.08. The predicted molar refractivity (Wildman–Crippen MR) is 113 cm³/mol. The molecule has 3 rings (SSSR count). The van der Waals surface area contributed by atoms with Gasteiger partial charge in [0.15, 0.2) is 0 Å². The molecule has 1 amide bonds. The highest BCUT2D eigenvalue weighted by Crippen LogP contribution is 2.34. The Bertz CT molecular complexity index is 993. The summed E-state index contributed by atoms with van der Waals surface area (Å²) in [5.41, 5.74) is -0.365. The van der Waals surface area contributed by atoms with Gasteiger partial charge in [-0.3, -0.25) is 9.59 Å². The summed E-state index contributed by atoms with van der Waals surface area (Å²) in [6.45, 7) is 0.739. The van der Waals surface area contributed by atoms with Gasteiger partial charge in [0.25, 0.3) is 0 Å². The van der Waals surface area contributed by atoms with Crippen LogP contribution in [0.2, 0.25) is 5.02 Å². The third-order valence-electron chi connectivity index (χ3n) is 5.50. The van der Waals surface area contributed by atoms with E-state index < -0.39 is 29.6 Å². The molecular formula is C22H22ClF4N3O3. The number of benzene rings is 1. The number of hydrogen-bond acceptors (Lipinski definition) is 5. The normalized spacial score (nSPS) is 15.8. The third kappa shape index (κ3) is 6.34. The van der Waals surface area contributed by atoms with Gasteiger partial charge in [-0.05, 0) is 36.6 Å². The van der Waals surface area contributed by atoms with Crippen molar-refractivity contribution in [2.45, 2.75) is 31.5 Å². The second kappa shape index (κ2) is 10.4. The van der Waals surface area contributed by atoms with Gasteiger partial charge >= 0.3 is 12.1 Å². The Morgan fingerprint density at radius 3 is 2.42 bits per heavy atom. The van der Waals surface area contributed by atoms with Gasteiger partial charge in [0.2, 0.25) is 5.91 Å². The van der Waals surface area contributed by atoms with Crippen molar-refractivity contribution in [1.29, 1.82) is 0 Å². The molecule has 11 heteroatoms. The molecule has 0 saturated carbocycles. The number of piperidine rings is 1. The van der Waals surface area contributed by atoms with Crippen molar-refractivity contribution < 1.29 is 31.9 Å². The molecule has 0 radical (unpaired) electrons. The lowest BCUT2D eigenvalue weighted by Crippen LogP contribution is -2.42. The standard InChI is InChI=1S/C22H22ClF4N3O3/c1-33-19(31)11-18(13-2-4-16(24)5-3-13)29-21(32)14-6-8-30(9-7-14)20-17(23)10-15(12-28-20)22(25,26)27/h2-5,10,12,14,18H,6-9,11H2,1H3,(H,29,32). The van der Waals surface area contributed by atoms with Gasteiger partial charge in [-0.2, -0.15) is 13.2 Å². The van der Waals surface area contributed by atoms with Crippen LogP contribution in [0, 0.1) is 11.7 Å². The fraction of sp³-hybridized carbons (Fsp3) is 0.409. The molecule has 0 spiro atoms. The molecule has 178 valence electrons. The summed E-state index contributed by atoms with van der Waals surface area (Å²) in [5, 5.41) is 2.72. The number of methoxy groups -OCH3 is 1. The number of nitrogens with one attached hydrogen (secondary N) is 1. The van der Waals surface area contributed by atoms with Gasteiger partial charge in [-0.15, -0.1) is 0 Å². The van der Waals surface area contributed by atoms with Gasteiger partial charge < -0.3 is 15.0 Å². The highest BCUT2D eigenvalue weighted by Gasteiger charge is 2.33. The molecule has 1 aliphatic heterocycles. The number of amides is 1. The zero-order valence-electron chi connectivity index (χ0n) is 17.7. The van der Waals surface area contributed by atoms with Crippen LogP contribution in [0.3, 0.4) is 0 Å². The van der Waals surface area contributed by atoms with Crippen molar-refractivity contribution in [3.05, 3.63) is 58.5 Å². The minimum absolute atomic E-state index is 0.109. The van der Waals surface area contributed by atoms with Crippen LogP contribution in [0.15, 0.2) is 36.5 Å². The lowest BCUT2D eigenvalue weighted by Gasteiger charge is -2.33. The van der Waals surface area contributed by atoms with Gasteiger partial charge in [0.05, 0.1) is 30.2 Å². The number of halogens is 5. The van der Waals surface area contributed by atoms with Crippen LogP contribution in [0.5, 0.6) is 0 Å². The molecule has 1 aromatic carbocycles. The average Bonchev–Trinajstić information content (AvgIpc) is 2.78. The molecule has 6 nitrogen and oxygen atoms in total. The van der Waals surface area contributed by atoms with Crippen LogP contribution in [0.4, 0.5) is 23.4 Å². The molecule has 1 N–H and O–H groups in total. The maximum atomic E-state index is 13.3. The summed E-state index contributed by atoms with van der Waals surface area (Å²) in [6, 6.07) is 5.61. The van der Waals surface area contributed by atoms with Crippen molar-refractivity contribution in [1.82, 2.24) is 10.3 Å². The number of carbonyl (C=O) groups is 2. The monoisotopic (exact) mass is 487 g/mol. The van der Waals surface area contributed by atoms with Crippen LogP contribution < -0.4 is 10.2 Å². The summed E-state index contributed by atoms with van der Waals surface area (Å²) in [4.78, 5) is 30.3. The van der Waals surface area contributed by atoms with E-state index in [1.165, 1.54) is 31.4 Å². The van der Waals surface area contributed by atoms with E-state index in [1.807, 2.05) is 0 Å². The maximum Gasteiger partial charge on any atom is 0.417 e. The average molecular weight is 488 g/mol. The number of hydrogen-bond donors (Lipinski definition) is 1. The van der Waals surface area contributed by atoms with Crippen molar-refractivity contribution in [3.63, 3.8) is 0 Å². The molecule has 33 heavy (non-hydrogen) atoms. The van der Waals surface area contributed by atoms with E-state index in [0.29, 0.717) is 31.5 Å². The number of esters is 1. The number of alkyl halides is 3. The second-order valence-electron chi connectivity index (χ2n) is 7.68. The SMILES string of the molecule is COC(=O)CC(NC(=O)C1CCN(c2ncc(C(F)(F)F)cc2Cl)CC1)c1ccc(F)cc1. The molecule has 1 aliphatic rings. The summed E-state index contributed by atoms with van der Waals surface area (Å²) < 4.78 is 56.4. The molecule has 1 unspecified atom stereocenters. The van der Waals surface area contributed by atoms with Crippen LogP contribution in [-0.2, 0) is 20.5 Å². The predicted octanol–water partition coefficient (Wildman–Crippen LogP) is 4.53. The fourth-order valence-corrected chi connectivity index (χ4v) is 3.94. The van der Waals surface area contributed by atoms with E-state index in [4.69, 9.17) is 16.3 Å². The second-order valence-corrected chi connectivity index (χ2v) is 8.09. The minimum atomic E-state index is -4.54. The minimum Gasteiger partial charge on any atom is -0.469 e. The molecule has 0 bridgehead atoms. The Morgan fingerprint density at radius 2 is 1.88 bits per heavy atom. The van der Waals surface area contributed by atoms with Crippen molar-refractivity contribution in [3.8, 4) is 0 Å². The van der Waals surface area contributed by atoms with Crippen LogP contribution >= 0.6 is 11.6 Å². The van der Waals surface area contributed by atoms with Crippen molar-refractivity contribution in [2.75, 3.05) is 25.1 Å². The number of rotatable bonds is 6. The Balaban J connectivity index is 1.64. The molecule has 2 aromatic rings. The lowest BCUT2D eigenvalue weighted by atomic mass is 9.94. The van der Waals surface area contributed by atoms with Crippen LogP contribution in [-0.4, -0.2) is 37.1 Å². The first-order chi connectivity index (χ1) is 15.6. The molecular weight excluding hydrogens is 466 g/mol. The lowest BCUT2D eigenvalue weighted by molar-refractivity contribution is -0.141. The number of pyridine rings is 1. The highest BCUT2D eigenvalue weighted by molar-refractivity contribution is 6.33. The Hall–Kier alpha value is -2.88. The third-order valence-corrected chi connectivity index (χ3v) is 5.78. The summed E-state index contributed by atoms with van der Waals surface area (Å²) in [7, 11) is 1.24. The van der Waals surface area contributed by atoms with E-state index in [1.54, 1.807) is 4.90 Å². The number of nitrogens with zero attached hydrogens (tertiary/aromatic N) is 2. The first kappa shape index (κ1) is 24.8. The highest BCUT2D eigenvalue weighted by atomic mass is 35.5. The van der Waals surface area contributed by atoms with Gasteiger partial charge in [0.1, 0.15) is 11.6 Å². The van der Waals surface area contributed by atoms with E-state index in [9.17, 15) is 27.2 Å². The summed E-state index contributed by atoms with van der Waals surface area (Å²) in [5.74, 6) is -1.39. The van der Waals surface area contributed by atoms with E-state index >= 15 is 0 Å². The van der Waals surface area contributed by atoms with E-state index in [2.05, 4.69) is 10.3 Å². The molecule has 0 aliphatic carbocycles. The quantitative estimate of drug-likeness (QED) is 0.479. The fourth-order valence-electron chi connectivity index (χ4n) is 3.66. The molecule has 2 heterocycles. The van der Waals surface area contributed by atoms with E-state index in [-0.39, 0.29) is 29.1 Å². The Labute approximate surface area is 192 Å². The summed E-state index contributed by atoms with van der Waals surface area (Å²) >= 11 is 6.02. The van der Waals surface area contributed by atoms with Gasteiger partial charge in [-0.25, -0.2) is 9.37 Å². The Kier molecular flexibility index (Phi) is 7.78. The van der Waals surface area contributed by atoms with Crippen molar-refractivity contribution in [2.24, 2.45) is 5.92 Å². The van der Waals surface area contributed by atoms with Gasteiger partial charge in [0, 0.05) is 25.2 Å². The van der Waals surface area contributed by atoms with E-state index in [0.717, 1.165) is 12.3 Å². The number of aromatic nitrogens is 1. The maximum absolute atomic E-state index is 13.3. The zero-order valence-corrected chi connectivity index (χ0v) is 18.4. The van der Waals surface area contributed by atoms with Crippen LogP contribution in [0.1, 0.15) is 36.4 Å². The number of anilines is 1. The molecule has 1 fully saturated rings. The van der Waals surface area contributed by atoms with Crippen LogP contribution in [0.25, 0.3) is 0 Å². The molecule has 1 saturated heterocycles. The smallest absolute Gasteiger partial charge is 0.417 e. The van der Waals surface area contributed by atoms with Gasteiger partial charge in [-0.1, -0.05) is 23.7 Å². The molecule has 1 aromatic heterocycles. The molecule has 1 atom stereocenters. The number of carbonyl (C=O) groups excluding carboxylic acids is 2. The zero-order chi connectivity index (χ0) is 24.2. The first-order valence-electron chi connectivity index (χ1n) is 10.2. The largest absolute Gasteiger partial charge is 0.469 e. The number of ether oxygens (including phenoxy) is 1. The Morgan fingerprint density at radius 1 is 1.24 bits per heavy atom. The topological polar surface area (TPSA) is 71.5 Å². The first-order valence-corrected chi connectivity index (χ1v) is 10.6. The van der Waals surface area contributed by atoms with Crippen molar-refractivity contribution >= 4 is 29.3 Å².